The third-order valence-corrected chi connectivity index (χ3v) is 9.10. The number of benzene rings is 3. The van der Waals surface area contributed by atoms with Gasteiger partial charge >= 0.3 is 0 Å². The zero-order chi connectivity index (χ0) is 29.8. The van der Waals surface area contributed by atoms with Crippen LogP contribution in [0.25, 0.3) is 45.3 Å². The number of hydrogen-bond acceptors (Lipinski definition) is 5. The maximum Gasteiger partial charge on any atom is 0.164 e. The van der Waals surface area contributed by atoms with Gasteiger partial charge in [-0.15, -0.1) is 0 Å². The molecule has 0 bridgehead atoms. The number of pyridine rings is 2. The van der Waals surface area contributed by atoms with Gasteiger partial charge < -0.3 is 0 Å². The van der Waals surface area contributed by atoms with E-state index < -0.39 is 0 Å². The number of fused-ring (bicyclic) bond motifs is 2. The van der Waals surface area contributed by atoms with E-state index in [2.05, 4.69) is 74.0 Å². The van der Waals surface area contributed by atoms with Crippen LogP contribution in [0.1, 0.15) is 50.2 Å². The van der Waals surface area contributed by atoms with E-state index in [0.29, 0.717) is 17.5 Å². The van der Waals surface area contributed by atoms with Crippen molar-refractivity contribution < 1.29 is 0 Å². The van der Waals surface area contributed by atoms with E-state index in [1.54, 1.807) is 0 Å². The third-order valence-electron chi connectivity index (χ3n) is 8.44. The Morgan fingerprint density at radius 2 is 0.884 bits per heavy atom. The second kappa shape index (κ2) is 10.3. The summed E-state index contributed by atoms with van der Waals surface area (Å²) in [7, 11) is 0. The standard InChI is InChI=1S/C37H30BrN5/c1-36(2)29-27(19-21-39-31(29)37(3,4)30-28(38)20-22-40-32(30)36)23-15-17-26(18-16-23)35-42-33(24-11-7-5-8-12-24)41-34(43-35)25-13-9-6-10-14-25/h5-22H,1-4H3. The second-order valence-electron chi connectivity index (χ2n) is 12.0. The van der Waals surface area contributed by atoms with Crippen molar-refractivity contribution in [1.82, 2.24) is 24.9 Å². The molecule has 210 valence electrons. The zero-order valence-electron chi connectivity index (χ0n) is 24.5. The van der Waals surface area contributed by atoms with Gasteiger partial charge in [0, 0.05) is 50.0 Å². The van der Waals surface area contributed by atoms with Gasteiger partial charge in [0.25, 0.3) is 0 Å². The molecule has 0 amide bonds. The van der Waals surface area contributed by atoms with Crippen LogP contribution in [0.3, 0.4) is 0 Å². The van der Waals surface area contributed by atoms with Gasteiger partial charge in [-0.05, 0) is 28.8 Å². The Morgan fingerprint density at radius 3 is 1.42 bits per heavy atom. The van der Waals surface area contributed by atoms with Gasteiger partial charge in [0.15, 0.2) is 17.5 Å². The molecule has 6 aromatic rings. The van der Waals surface area contributed by atoms with Crippen molar-refractivity contribution in [2.24, 2.45) is 0 Å². The van der Waals surface area contributed by atoms with E-state index in [4.69, 9.17) is 24.9 Å². The SMILES string of the molecule is CC1(C)c2nccc(-c3ccc(-c4nc(-c5ccccc5)nc(-c5ccccc5)n4)cc3)c2C(C)(C)c2nccc(Br)c21. The predicted molar refractivity (Wildman–Crippen MR) is 176 cm³/mol. The minimum atomic E-state index is -0.338. The molecule has 6 heteroatoms. The number of rotatable bonds is 4. The van der Waals surface area contributed by atoms with Crippen molar-refractivity contribution in [1.29, 1.82) is 0 Å². The fourth-order valence-electron chi connectivity index (χ4n) is 6.29. The highest BCUT2D eigenvalue weighted by atomic mass is 79.9. The summed E-state index contributed by atoms with van der Waals surface area (Å²) in [5, 5.41) is 0. The molecule has 0 N–H and O–H groups in total. The molecular weight excluding hydrogens is 594 g/mol. The summed E-state index contributed by atoms with van der Waals surface area (Å²) >= 11 is 3.81. The summed E-state index contributed by atoms with van der Waals surface area (Å²) < 4.78 is 1.07. The normalized spacial score (nSPS) is 14.5. The average Bonchev–Trinajstić information content (AvgIpc) is 3.04. The molecule has 5 nitrogen and oxygen atoms in total. The van der Waals surface area contributed by atoms with Crippen LogP contribution in [0.4, 0.5) is 0 Å². The van der Waals surface area contributed by atoms with Crippen LogP contribution in [0.15, 0.2) is 114 Å². The monoisotopic (exact) mass is 623 g/mol. The van der Waals surface area contributed by atoms with Crippen LogP contribution < -0.4 is 0 Å². The minimum Gasteiger partial charge on any atom is -0.260 e. The molecule has 43 heavy (non-hydrogen) atoms. The Balaban J connectivity index is 1.34. The highest BCUT2D eigenvalue weighted by Gasteiger charge is 2.46. The third kappa shape index (κ3) is 4.57. The van der Waals surface area contributed by atoms with Crippen molar-refractivity contribution in [3.63, 3.8) is 0 Å². The molecule has 3 aromatic heterocycles. The molecule has 3 aromatic carbocycles. The Hall–Kier alpha value is -4.55. The van der Waals surface area contributed by atoms with Crippen LogP contribution in [-0.4, -0.2) is 24.9 Å². The highest BCUT2D eigenvalue weighted by Crippen LogP contribution is 2.52. The van der Waals surface area contributed by atoms with E-state index in [1.165, 1.54) is 11.1 Å². The van der Waals surface area contributed by atoms with Crippen LogP contribution in [-0.2, 0) is 10.8 Å². The number of nitrogens with zero attached hydrogens (tertiary/aromatic N) is 5. The Labute approximate surface area is 260 Å². The average molecular weight is 625 g/mol. The van der Waals surface area contributed by atoms with Crippen LogP contribution in [0.5, 0.6) is 0 Å². The van der Waals surface area contributed by atoms with Gasteiger partial charge in [0.05, 0.1) is 11.4 Å². The second-order valence-corrected chi connectivity index (χ2v) is 12.8. The molecule has 0 unspecified atom stereocenters. The molecule has 3 heterocycles. The van der Waals surface area contributed by atoms with Crippen molar-refractivity contribution in [2.75, 3.05) is 0 Å². The molecule has 0 radical (unpaired) electrons. The molecule has 0 saturated carbocycles. The van der Waals surface area contributed by atoms with Gasteiger partial charge in [-0.1, -0.05) is 129 Å². The van der Waals surface area contributed by atoms with E-state index >= 15 is 0 Å². The summed E-state index contributed by atoms with van der Waals surface area (Å²) in [6.45, 7) is 8.98. The summed E-state index contributed by atoms with van der Waals surface area (Å²) in [5.74, 6) is 1.94. The summed E-state index contributed by atoms with van der Waals surface area (Å²) in [6, 6.07) is 32.8. The maximum absolute atomic E-state index is 4.96. The summed E-state index contributed by atoms with van der Waals surface area (Å²) in [6.07, 6.45) is 3.82. The van der Waals surface area contributed by atoms with Crippen molar-refractivity contribution in [2.45, 2.75) is 38.5 Å². The van der Waals surface area contributed by atoms with Gasteiger partial charge in [-0.3, -0.25) is 9.97 Å². The van der Waals surface area contributed by atoms with E-state index in [9.17, 15) is 0 Å². The fourth-order valence-corrected chi connectivity index (χ4v) is 7.09. The molecule has 0 atom stereocenters. The maximum atomic E-state index is 4.96. The lowest BCUT2D eigenvalue weighted by Gasteiger charge is -2.43. The quantitative estimate of drug-likeness (QED) is 0.196. The Bertz CT molecular complexity index is 1910. The lowest BCUT2D eigenvalue weighted by atomic mass is 9.62. The molecule has 0 aliphatic heterocycles. The summed E-state index contributed by atoms with van der Waals surface area (Å²) in [5.41, 5.74) is 9.04. The van der Waals surface area contributed by atoms with Gasteiger partial charge in [0.2, 0.25) is 0 Å². The van der Waals surface area contributed by atoms with Crippen LogP contribution in [0, 0.1) is 0 Å². The predicted octanol–water partition coefficient (Wildman–Crippen LogP) is 9.06. The van der Waals surface area contributed by atoms with Crippen LogP contribution >= 0.6 is 15.9 Å². The minimum absolute atomic E-state index is 0.310. The highest BCUT2D eigenvalue weighted by molar-refractivity contribution is 9.10. The Morgan fingerprint density at radius 1 is 0.465 bits per heavy atom. The smallest absolute Gasteiger partial charge is 0.164 e. The van der Waals surface area contributed by atoms with Crippen molar-refractivity contribution in [3.05, 3.63) is 136 Å². The van der Waals surface area contributed by atoms with Crippen molar-refractivity contribution in [3.8, 4) is 45.3 Å². The summed E-state index contributed by atoms with van der Waals surface area (Å²) in [4.78, 5) is 24.5. The molecular formula is C37H30BrN5. The number of halogens is 1. The first-order chi connectivity index (χ1) is 20.7. The first-order valence-electron chi connectivity index (χ1n) is 14.4. The topological polar surface area (TPSA) is 64.5 Å². The first-order valence-corrected chi connectivity index (χ1v) is 15.2. The van der Waals surface area contributed by atoms with Crippen LogP contribution in [0.2, 0.25) is 0 Å². The number of hydrogen-bond donors (Lipinski definition) is 0. The van der Waals surface area contributed by atoms with E-state index in [-0.39, 0.29) is 10.8 Å². The lowest BCUT2D eigenvalue weighted by molar-refractivity contribution is 0.490. The largest absolute Gasteiger partial charge is 0.260 e. The Kier molecular flexibility index (Phi) is 6.55. The molecule has 1 aliphatic rings. The zero-order valence-corrected chi connectivity index (χ0v) is 26.1. The van der Waals surface area contributed by atoms with Gasteiger partial charge in [-0.2, -0.15) is 0 Å². The van der Waals surface area contributed by atoms with Crippen molar-refractivity contribution >= 4 is 15.9 Å². The molecule has 0 spiro atoms. The lowest BCUT2D eigenvalue weighted by Crippen LogP contribution is -2.39. The number of aromatic nitrogens is 5. The van der Waals surface area contributed by atoms with Gasteiger partial charge in [0.1, 0.15) is 0 Å². The first kappa shape index (κ1) is 27.3. The molecule has 1 aliphatic carbocycles. The fraction of sp³-hybridized carbons (Fsp3) is 0.162. The van der Waals surface area contributed by atoms with E-state index in [1.807, 2.05) is 79.1 Å². The molecule has 0 saturated heterocycles. The molecule has 0 fully saturated rings. The van der Waals surface area contributed by atoms with E-state index in [0.717, 1.165) is 43.7 Å². The van der Waals surface area contributed by atoms with Gasteiger partial charge in [-0.25, -0.2) is 15.0 Å². The molecule has 7 rings (SSSR count).